The number of amides is 4. The number of aliphatic hydroxyl groups is 1. The van der Waals surface area contributed by atoms with E-state index >= 15 is 0 Å². The quantitative estimate of drug-likeness (QED) is 0.180. The molecular formula is C32H36N6O6. The van der Waals surface area contributed by atoms with E-state index in [9.17, 15) is 29.5 Å². The summed E-state index contributed by atoms with van der Waals surface area (Å²) < 4.78 is 4.92. The second kappa shape index (κ2) is 15.3. The Kier molecular flexibility index (Phi) is 11.5. The van der Waals surface area contributed by atoms with E-state index in [1.54, 1.807) is 45.3 Å². The van der Waals surface area contributed by atoms with Gasteiger partial charge in [-0.2, -0.15) is 5.26 Å². The van der Waals surface area contributed by atoms with Crippen molar-refractivity contribution in [3.05, 3.63) is 93.9 Å². The normalized spacial score (nSPS) is 13.2. The molecule has 3 aromatic rings. The molecule has 0 fully saturated rings. The number of benzene rings is 2. The van der Waals surface area contributed by atoms with Crippen molar-refractivity contribution >= 4 is 29.7 Å². The molecule has 4 amide bonds. The van der Waals surface area contributed by atoms with Gasteiger partial charge in [-0.1, -0.05) is 59.3 Å². The molecule has 0 aliphatic heterocycles. The van der Waals surface area contributed by atoms with E-state index in [0.717, 1.165) is 11.1 Å². The average Bonchev–Trinajstić information content (AvgIpc) is 3.43. The standard InChI is InChI=1S/C32H36N6O6/c1-19-9-11-22(12-10-19)18-34-29(40)26(16-24-8-6-7-23(14-24)15-25(17-33)32(43)38(4)5)35-31(42)28(21(3)39)36-30(41)27-13-20(2)44-37-27/h6-15,21,26,28,39H,16,18H2,1-5H3,(H,34,40)(H,35,42)(H,36,41). The van der Waals surface area contributed by atoms with Gasteiger partial charge in [0.15, 0.2) is 5.69 Å². The predicted octanol–water partition coefficient (Wildman–Crippen LogP) is 1.81. The van der Waals surface area contributed by atoms with Crippen LogP contribution in [0.4, 0.5) is 0 Å². The number of aromatic nitrogens is 1. The summed E-state index contributed by atoms with van der Waals surface area (Å²) in [4.78, 5) is 53.1. The smallest absolute Gasteiger partial charge is 0.274 e. The van der Waals surface area contributed by atoms with Crippen LogP contribution in [0.25, 0.3) is 6.08 Å². The number of aliphatic hydroxyl groups excluding tert-OH is 1. The monoisotopic (exact) mass is 600 g/mol. The molecule has 3 rings (SSSR count). The summed E-state index contributed by atoms with van der Waals surface area (Å²) >= 11 is 0. The second-order valence-corrected chi connectivity index (χ2v) is 10.6. The van der Waals surface area contributed by atoms with Crippen LogP contribution in [0.5, 0.6) is 0 Å². The molecule has 0 radical (unpaired) electrons. The van der Waals surface area contributed by atoms with Crippen LogP contribution >= 0.6 is 0 Å². The van der Waals surface area contributed by atoms with Gasteiger partial charge in [-0.05, 0) is 43.5 Å². The van der Waals surface area contributed by atoms with Gasteiger partial charge < -0.3 is 30.5 Å². The van der Waals surface area contributed by atoms with Gasteiger partial charge in [0.25, 0.3) is 11.8 Å². The molecule has 0 aliphatic carbocycles. The third-order valence-corrected chi connectivity index (χ3v) is 6.59. The lowest BCUT2D eigenvalue weighted by atomic mass is 10.0. The fourth-order valence-electron chi connectivity index (χ4n) is 4.18. The summed E-state index contributed by atoms with van der Waals surface area (Å²) in [6.07, 6.45) is 0.163. The number of carbonyl (C=O) groups excluding carboxylic acids is 4. The molecule has 2 aromatic carbocycles. The van der Waals surface area contributed by atoms with Gasteiger partial charge >= 0.3 is 0 Å². The minimum absolute atomic E-state index is 0.0274. The van der Waals surface area contributed by atoms with E-state index in [0.29, 0.717) is 16.9 Å². The maximum atomic E-state index is 13.4. The van der Waals surface area contributed by atoms with Gasteiger partial charge in [-0.3, -0.25) is 19.2 Å². The lowest BCUT2D eigenvalue weighted by molar-refractivity contribution is -0.131. The highest BCUT2D eigenvalue weighted by atomic mass is 16.5. The highest BCUT2D eigenvalue weighted by Gasteiger charge is 2.31. The van der Waals surface area contributed by atoms with Crippen LogP contribution in [0.3, 0.4) is 0 Å². The first-order chi connectivity index (χ1) is 20.9. The first-order valence-corrected chi connectivity index (χ1v) is 13.9. The minimum atomic E-state index is -1.41. The zero-order chi connectivity index (χ0) is 32.4. The van der Waals surface area contributed by atoms with Crippen molar-refractivity contribution in [1.82, 2.24) is 26.0 Å². The Labute approximate surface area is 255 Å². The Balaban J connectivity index is 1.85. The van der Waals surface area contributed by atoms with Gasteiger partial charge in [0, 0.05) is 33.1 Å². The number of nitriles is 1. The van der Waals surface area contributed by atoms with Crippen LogP contribution < -0.4 is 16.0 Å². The topological polar surface area (TPSA) is 178 Å². The number of rotatable bonds is 12. The number of hydrogen-bond donors (Lipinski definition) is 4. The van der Waals surface area contributed by atoms with E-state index in [2.05, 4.69) is 21.1 Å². The summed E-state index contributed by atoms with van der Waals surface area (Å²) in [7, 11) is 3.09. The molecule has 0 spiro atoms. The summed E-state index contributed by atoms with van der Waals surface area (Å²) in [5.74, 6) is -2.08. The molecule has 0 aliphatic rings. The molecular weight excluding hydrogens is 564 g/mol. The van der Waals surface area contributed by atoms with Gasteiger partial charge in [-0.15, -0.1) is 0 Å². The van der Waals surface area contributed by atoms with E-state index in [-0.39, 0.29) is 24.2 Å². The summed E-state index contributed by atoms with van der Waals surface area (Å²) in [6, 6.07) is 15.2. The van der Waals surface area contributed by atoms with Crippen LogP contribution in [-0.4, -0.2) is 71.1 Å². The van der Waals surface area contributed by atoms with Crippen LogP contribution in [0.1, 0.15) is 45.4 Å². The molecule has 230 valence electrons. The molecule has 12 heteroatoms. The van der Waals surface area contributed by atoms with Crippen molar-refractivity contribution in [3.63, 3.8) is 0 Å². The Hall–Kier alpha value is -5.28. The maximum Gasteiger partial charge on any atom is 0.274 e. The fraction of sp³-hybridized carbons (Fsp3) is 0.312. The largest absolute Gasteiger partial charge is 0.391 e. The zero-order valence-corrected chi connectivity index (χ0v) is 25.2. The summed E-state index contributed by atoms with van der Waals surface area (Å²) in [5, 5.41) is 31.4. The number of carbonyl (C=O) groups is 4. The number of likely N-dealkylation sites (N-methyl/N-ethyl adjacent to an activating group) is 1. The Morgan fingerprint density at radius 1 is 1.02 bits per heavy atom. The van der Waals surface area contributed by atoms with E-state index in [1.807, 2.05) is 37.3 Å². The highest BCUT2D eigenvalue weighted by molar-refractivity contribution is 6.01. The first-order valence-electron chi connectivity index (χ1n) is 13.9. The summed E-state index contributed by atoms with van der Waals surface area (Å²) in [5.41, 5.74) is 2.97. The van der Waals surface area contributed by atoms with Gasteiger partial charge in [-0.25, -0.2) is 0 Å². The molecule has 0 saturated carbocycles. The highest BCUT2D eigenvalue weighted by Crippen LogP contribution is 2.14. The minimum Gasteiger partial charge on any atom is -0.391 e. The molecule has 3 atom stereocenters. The summed E-state index contributed by atoms with van der Waals surface area (Å²) in [6.45, 7) is 5.10. The molecule has 44 heavy (non-hydrogen) atoms. The Bertz CT molecular complexity index is 1570. The molecule has 4 N–H and O–H groups in total. The predicted molar refractivity (Wildman–Crippen MR) is 162 cm³/mol. The molecule has 3 unspecified atom stereocenters. The maximum absolute atomic E-state index is 13.4. The van der Waals surface area contributed by atoms with E-state index < -0.39 is 41.8 Å². The van der Waals surface area contributed by atoms with Gasteiger partial charge in [0.05, 0.1) is 6.10 Å². The van der Waals surface area contributed by atoms with Crippen molar-refractivity contribution in [2.45, 2.75) is 51.9 Å². The number of nitrogens with one attached hydrogen (secondary N) is 3. The molecule has 12 nitrogen and oxygen atoms in total. The van der Waals surface area contributed by atoms with Gasteiger partial charge in [0.1, 0.15) is 29.5 Å². The zero-order valence-electron chi connectivity index (χ0n) is 25.2. The van der Waals surface area contributed by atoms with Crippen LogP contribution in [0, 0.1) is 25.2 Å². The second-order valence-electron chi connectivity index (χ2n) is 10.6. The van der Waals surface area contributed by atoms with Crippen molar-refractivity contribution in [2.24, 2.45) is 0 Å². The Morgan fingerprint density at radius 3 is 2.32 bits per heavy atom. The van der Waals surface area contributed by atoms with Crippen LogP contribution in [0.2, 0.25) is 0 Å². The molecule has 0 bridgehead atoms. The van der Waals surface area contributed by atoms with Crippen molar-refractivity contribution in [3.8, 4) is 6.07 Å². The lowest BCUT2D eigenvalue weighted by Gasteiger charge is -2.24. The SMILES string of the molecule is Cc1ccc(CNC(=O)C(Cc2cccc(C=C(C#N)C(=O)N(C)C)c2)NC(=O)C(NC(=O)c2cc(C)on2)C(C)O)cc1. The number of aryl methyl sites for hydroxylation is 2. The molecule has 0 saturated heterocycles. The van der Waals surface area contributed by atoms with Crippen molar-refractivity contribution < 1.29 is 28.8 Å². The molecule has 1 aromatic heterocycles. The molecule has 1 heterocycles. The average molecular weight is 601 g/mol. The Morgan fingerprint density at radius 2 is 1.73 bits per heavy atom. The fourth-order valence-corrected chi connectivity index (χ4v) is 4.18. The number of nitrogens with zero attached hydrogens (tertiary/aromatic N) is 3. The third kappa shape index (κ3) is 9.37. The van der Waals surface area contributed by atoms with Crippen molar-refractivity contribution in [1.29, 1.82) is 5.26 Å². The van der Waals surface area contributed by atoms with E-state index in [4.69, 9.17) is 4.52 Å². The third-order valence-electron chi connectivity index (χ3n) is 6.59. The lowest BCUT2D eigenvalue weighted by Crippen LogP contribution is -2.57. The van der Waals surface area contributed by atoms with Crippen LogP contribution in [-0.2, 0) is 27.3 Å². The van der Waals surface area contributed by atoms with Crippen LogP contribution in [0.15, 0.2) is 64.7 Å². The van der Waals surface area contributed by atoms with E-state index in [1.165, 1.54) is 24.0 Å². The van der Waals surface area contributed by atoms with Gasteiger partial charge in [0.2, 0.25) is 11.8 Å². The van der Waals surface area contributed by atoms with Crippen molar-refractivity contribution in [2.75, 3.05) is 14.1 Å². The first kappa shape index (κ1) is 33.2. The number of hydrogen-bond acceptors (Lipinski definition) is 8.